The fourth-order valence-corrected chi connectivity index (χ4v) is 2.26. The number of carbonyl (C=O) groups excluding carboxylic acids is 1. The van der Waals surface area contributed by atoms with E-state index >= 15 is 0 Å². The summed E-state index contributed by atoms with van der Waals surface area (Å²) in [5.74, 6) is -0.772. The number of nitrogens with one attached hydrogen (secondary N) is 2. The van der Waals surface area contributed by atoms with Gasteiger partial charge in [0.15, 0.2) is 5.82 Å². The Kier molecular flexibility index (Phi) is 5.15. The van der Waals surface area contributed by atoms with E-state index < -0.39 is 18.5 Å². The summed E-state index contributed by atoms with van der Waals surface area (Å²) < 4.78 is 25.7. The summed E-state index contributed by atoms with van der Waals surface area (Å²) >= 11 is 1.43. The molecule has 5 nitrogen and oxygen atoms in total. The molecule has 0 aliphatic heterocycles. The Labute approximate surface area is 124 Å². The summed E-state index contributed by atoms with van der Waals surface area (Å²) in [7, 11) is 0. The van der Waals surface area contributed by atoms with E-state index in [1.165, 1.54) is 11.3 Å². The minimum Gasteiger partial charge on any atom is -0.352 e. The molecule has 112 valence electrons. The van der Waals surface area contributed by atoms with Crippen molar-refractivity contribution in [1.82, 2.24) is 15.3 Å². The molecule has 2 aromatic rings. The van der Waals surface area contributed by atoms with E-state index in [9.17, 15) is 13.6 Å². The van der Waals surface area contributed by atoms with Crippen LogP contribution in [0.4, 0.5) is 14.7 Å². The molecule has 0 saturated carbocycles. The Morgan fingerprint density at radius 2 is 2.33 bits per heavy atom. The highest BCUT2D eigenvalue weighted by Crippen LogP contribution is 2.23. The van der Waals surface area contributed by atoms with E-state index in [0.717, 1.165) is 6.20 Å². The zero-order valence-electron chi connectivity index (χ0n) is 11.3. The van der Waals surface area contributed by atoms with Crippen LogP contribution in [0.1, 0.15) is 6.92 Å². The molecule has 0 aliphatic carbocycles. The van der Waals surface area contributed by atoms with Crippen molar-refractivity contribution in [2.24, 2.45) is 0 Å². The molecule has 0 aromatic carbocycles. The number of nitrogens with zero attached hydrogens (tertiary/aromatic N) is 2. The number of thiophene rings is 1. The molecule has 0 aliphatic rings. The Balaban J connectivity index is 2.11. The summed E-state index contributed by atoms with van der Waals surface area (Å²) in [5, 5.41) is 8.75. The minimum atomic E-state index is -0.655. The summed E-state index contributed by atoms with van der Waals surface area (Å²) in [6.07, 6.45) is 1.05. The molecule has 2 rings (SSSR count). The molecule has 0 spiro atoms. The molecular weight excluding hydrogens is 298 g/mol. The Bertz CT molecular complexity index is 606. The first-order valence-electron chi connectivity index (χ1n) is 6.27. The maximum atomic E-state index is 13.7. The Morgan fingerprint density at radius 1 is 1.52 bits per heavy atom. The SMILES string of the molecule is CC(Nc1ncc(F)c(-c2ccsc2)n1)C(=O)NCCF. The summed E-state index contributed by atoms with van der Waals surface area (Å²) in [6.45, 7) is 0.910. The van der Waals surface area contributed by atoms with Crippen molar-refractivity contribution in [1.29, 1.82) is 0 Å². The third kappa shape index (κ3) is 3.94. The molecule has 0 bridgehead atoms. The van der Waals surface area contributed by atoms with Gasteiger partial charge in [0.1, 0.15) is 18.4 Å². The average molecular weight is 312 g/mol. The maximum Gasteiger partial charge on any atom is 0.242 e. The van der Waals surface area contributed by atoms with Gasteiger partial charge >= 0.3 is 0 Å². The van der Waals surface area contributed by atoms with E-state index in [2.05, 4.69) is 20.6 Å². The number of alkyl halides is 1. The van der Waals surface area contributed by atoms with Crippen LogP contribution in [0.2, 0.25) is 0 Å². The molecule has 1 unspecified atom stereocenters. The lowest BCUT2D eigenvalue weighted by Crippen LogP contribution is -2.38. The average Bonchev–Trinajstić information content (AvgIpc) is 3.00. The van der Waals surface area contributed by atoms with Gasteiger partial charge in [0.25, 0.3) is 0 Å². The lowest BCUT2D eigenvalue weighted by molar-refractivity contribution is -0.121. The van der Waals surface area contributed by atoms with Crippen LogP contribution in [0.25, 0.3) is 11.3 Å². The predicted molar refractivity (Wildman–Crippen MR) is 77.4 cm³/mol. The second-order valence-electron chi connectivity index (χ2n) is 4.25. The first kappa shape index (κ1) is 15.3. The van der Waals surface area contributed by atoms with Crippen molar-refractivity contribution in [3.63, 3.8) is 0 Å². The van der Waals surface area contributed by atoms with Crippen LogP contribution in [-0.2, 0) is 4.79 Å². The molecule has 8 heteroatoms. The number of rotatable bonds is 6. The number of aromatic nitrogens is 2. The van der Waals surface area contributed by atoms with Crippen molar-refractivity contribution < 1.29 is 13.6 Å². The van der Waals surface area contributed by atoms with Gasteiger partial charge in [-0.1, -0.05) is 0 Å². The lowest BCUT2D eigenvalue weighted by Gasteiger charge is -2.13. The van der Waals surface area contributed by atoms with Crippen LogP contribution >= 0.6 is 11.3 Å². The summed E-state index contributed by atoms with van der Waals surface area (Å²) in [6, 6.07) is 1.09. The highest BCUT2D eigenvalue weighted by atomic mass is 32.1. The second-order valence-corrected chi connectivity index (χ2v) is 5.03. The zero-order chi connectivity index (χ0) is 15.2. The maximum absolute atomic E-state index is 13.7. The Hall–Kier alpha value is -2.09. The summed E-state index contributed by atoms with van der Waals surface area (Å²) in [4.78, 5) is 19.5. The molecule has 0 fully saturated rings. The fourth-order valence-electron chi connectivity index (χ4n) is 1.62. The van der Waals surface area contributed by atoms with Gasteiger partial charge in [-0.15, -0.1) is 0 Å². The molecule has 0 saturated heterocycles. The van der Waals surface area contributed by atoms with E-state index in [1.807, 2.05) is 5.38 Å². The van der Waals surface area contributed by atoms with Crippen LogP contribution in [0.15, 0.2) is 23.0 Å². The van der Waals surface area contributed by atoms with Crippen molar-refractivity contribution in [2.75, 3.05) is 18.5 Å². The number of amides is 1. The van der Waals surface area contributed by atoms with E-state index in [0.29, 0.717) is 5.56 Å². The van der Waals surface area contributed by atoms with Gasteiger partial charge in [0.05, 0.1) is 6.20 Å². The molecule has 2 aromatic heterocycles. The molecule has 0 radical (unpaired) electrons. The smallest absolute Gasteiger partial charge is 0.242 e. The van der Waals surface area contributed by atoms with Crippen molar-refractivity contribution in [2.45, 2.75) is 13.0 Å². The van der Waals surface area contributed by atoms with E-state index in [4.69, 9.17) is 0 Å². The quantitative estimate of drug-likeness (QED) is 0.858. The van der Waals surface area contributed by atoms with Crippen LogP contribution < -0.4 is 10.6 Å². The normalized spacial score (nSPS) is 12.0. The van der Waals surface area contributed by atoms with Crippen LogP contribution in [-0.4, -0.2) is 35.1 Å². The van der Waals surface area contributed by atoms with E-state index in [-0.39, 0.29) is 24.1 Å². The summed E-state index contributed by atoms with van der Waals surface area (Å²) in [5.41, 5.74) is 0.822. The first-order valence-corrected chi connectivity index (χ1v) is 7.21. The van der Waals surface area contributed by atoms with Crippen LogP contribution in [0.3, 0.4) is 0 Å². The van der Waals surface area contributed by atoms with Gasteiger partial charge in [-0.25, -0.2) is 18.7 Å². The lowest BCUT2D eigenvalue weighted by atomic mass is 10.2. The standard InChI is InChI=1S/C13H14F2N4OS/c1-8(12(20)16-4-3-14)18-13-17-6-10(15)11(19-13)9-2-5-21-7-9/h2,5-8H,3-4H2,1H3,(H,16,20)(H,17,18,19). The molecule has 1 amide bonds. The monoisotopic (exact) mass is 312 g/mol. The van der Waals surface area contributed by atoms with Gasteiger partial charge in [-0.05, 0) is 18.4 Å². The number of anilines is 1. The third-order valence-electron chi connectivity index (χ3n) is 2.67. The molecule has 2 heterocycles. The molecular formula is C13H14F2N4OS. The zero-order valence-corrected chi connectivity index (χ0v) is 12.1. The minimum absolute atomic E-state index is 0.0463. The predicted octanol–water partition coefficient (Wildman–Crippen LogP) is 2.23. The second kappa shape index (κ2) is 7.07. The van der Waals surface area contributed by atoms with Crippen LogP contribution in [0, 0.1) is 5.82 Å². The van der Waals surface area contributed by atoms with Gasteiger partial charge in [-0.2, -0.15) is 11.3 Å². The molecule has 2 N–H and O–H groups in total. The number of halogens is 2. The largest absolute Gasteiger partial charge is 0.352 e. The highest BCUT2D eigenvalue weighted by molar-refractivity contribution is 7.08. The number of hydrogen-bond acceptors (Lipinski definition) is 5. The number of hydrogen-bond donors (Lipinski definition) is 2. The fraction of sp³-hybridized carbons (Fsp3) is 0.308. The van der Waals surface area contributed by atoms with Crippen molar-refractivity contribution in [3.8, 4) is 11.3 Å². The van der Waals surface area contributed by atoms with Gasteiger partial charge in [0.2, 0.25) is 11.9 Å². The number of carbonyl (C=O) groups is 1. The van der Waals surface area contributed by atoms with Crippen molar-refractivity contribution in [3.05, 3.63) is 28.8 Å². The molecule has 21 heavy (non-hydrogen) atoms. The Morgan fingerprint density at radius 3 is 3.00 bits per heavy atom. The first-order chi connectivity index (χ1) is 10.1. The van der Waals surface area contributed by atoms with Crippen molar-refractivity contribution >= 4 is 23.2 Å². The van der Waals surface area contributed by atoms with Gasteiger partial charge in [-0.3, -0.25) is 4.79 Å². The van der Waals surface area contributed by atoms with Crippen LogP contribution in [0.5, 0.6) is 0 Å². The van der Waals surface area contributed by atoms with Gasteiger partial charge in [0, 0.05) is 17.5 Å². The van der Waals surface area contributed by atoms with E-state index in [1.54, 1.807) is 18.4 Å². The third-order valence-corrected chi connectivity index (χ3v) is 3.35. The van der Waals surface area contributed by atoms with Gasteiger partial charge < -0.3 is 10.6 Å². The topological polar surface area (TPSA) is 66.9 Å². The molecule has 1 atom stereocenters. The highest BCUT2D eigenvalue weighted by Gasteiger charge is 2.15.